The molecule has 1 saturated heterocycles. The van der Waals surface area contributed by atoms with Crippen LogP contribution in [0.2, 0.25) is 0 Å². The Labute approximate surface area is 95.4 Å². The van der Waals surface area contributed by atoms with Crippen LogP contribution in [0.25, 0.3) is 0 Å². The van der Waals surface area contributed by atoms with E-state index in [0.29, 0.717) is 12.2 Å². The summed E-state index contributed by atoms with van der Waals surface area (Å²) in [6.45, 7) is 6.29. The Morgan fingerprint density at radius 2 is 2.19 bits per heavy atom. The quantitative estimate of drug-likeness (QED) is 0.582. The van der Waals surface area contributed by atoms with Crippen LogP contribution in [0.15, 0.2) is 11.8 Å². The molecule has 0 bridgehead atoms. The molecule has 2 amide bonds. The molecule has 0 aliphatic carbocycles. The highest BCUT2D eigenvalue weighted by Crippen LogP contribution is 2.27. The van der Waals surface area contributed by atoms with E-state index in [1.807, 2.05) is 20.8 Å². The van der Waals surface area contributed by atoms with E-state index < -0.39 is 11.5 Å². The van der Waals surface area contributed by atoms with E-state index in [0.717, 1.165) is 6.42 Å². The van der Waals surface area contributed by atoms with Gasteiger partial charge in [-0.25, -0.2) is 9.59 Å². The molecular formula is C11H18N2O3. The highest BCUT2D eigenvalue weighted by molar-refractivity contribution is 5.88. The maximum Gasteiger partial charge on any atom is 0.332 e. The second kappa shape index (κ2) is 4.55. The molecule has 1 aliphatic heterocycles. The number of rotatable bonds is 3. The van der Waals surface area contributed by atoms with Crippen molar-refractivity contribution >= 4 is 12.0 Å². The molecule has 1 heterocycles. The Hall–Kier alpha value is -1.52. The standard InChI is InChI=1S/C11H18N2O3/c1-5-6-13-8(7-9(14)16-4)11(2,3)12-10(13)15/h7H,5-6H2,1-4H3,(H,12,15)/b8-7-. The summed E-state index contributed by atoms with van der Waals surface area (Å²) < 4.78 is 4.59. The number of ether oxygens (including phenoxy) is 1. The molecule has 0 aromatic rings. The van der Waals surface area contributed by atoms with Gasteiger partial charge in [-0.05, 0) is 20.3 Å². The molecule has 1 aliphatic rings. The van der Waals surface area contributed by atoms with Crippen LogP contribution in [0.5, 0.6) is 0 Å². The molecule has 5 heteroatoms. The van der Waals surface area contributed by atoms with Crippen molar-refractivity contribution in [3.8, 4) is 0 Å². The number of hydrogen-bond acceptors (Lipinski definition) is 3. The summed E-state index contributed by atoms with van der Waals surface area (Å²) in [5.41, 5.74) is 0.131. The first-order chi connectivity index (χ1) is 7.42. The molecule has 90 valence electrons. The fourth-order valence-corrected chi connectivity index (χ4v) is 1.72. The molecule has 0 aromatic heterocycles. The van der Waals surface area contributed by atoms with Gasteiger partial charge in [0.05, 0.1) is 18.3 Å². The van der Waals surface area contributed by atoms with Gasteiger partial charge in [-0.2, -0.15) is 0 Å². The molecular weight excluding hydrogens is 208 g/mol. The zero-order valence-corrected chi connectivity index (χ0v) is 10.2. The predicted octanol–water partition coefficient (Wildman–Crippen LogP) is 1.26. The monoisotopic (exact) mass is 226 g/mol. The Balaban J connectivity index is 3.03. The number of amides is 2. The van der Waals surface area contributed by atoms with Crippen molar-refractivity contribution < 1.29 is 14.3 Å². The summed E-state index contributed by atoms with van der Waals surface area (Å²) >= 11 is 0. The lowest BCUT2D eigenvalue weighted by molar-refractivity contribution is -0.135. The van der Waals surface area contributed by atoms with Gasteiger partial charge in [-0.3, -0.25) is 4.90 Å². The average molecular weight is 226 g/mol. The third-order valence-electron chi connectivity index (χ3n) is 2.50. The van der Waals surface area contributed by atoms with E-state index >= 15 is 0 Å². The highest BCUT2D eigenvalue weighted by Gasteiger charge is 2.40. The zero-order valence-electron chi connectivity index (χ0n) is 10.2. The first-order valence-electron chi connectivity index (χ1n) is 5.32. The second-order valence-electron chi connectivity index (χ2n) is 4.26. The number of esters is 1. The number of urea groups is 1. The Morgan fingerprint density at radius 1 is 1.56 bits per heavy atom. The molecule has 16 heavy (non-hydrogen) atoms. The van der Waals surface area contributed by atoms with Crippen molar-refractivity contribution in [2.45, 2.75) is 32.7 Å². The molecule has 5 nitrogen and oxygen atoms in total. The van der Waals surface area contributed by atoms with Crippen LogP contribution in [-0.4, -0.2) is 36.1 Å². The van der Waals surface area contributed by atoms with Crippen molar-refractivity contribution in [1.82, 2.24) is 10.2 Å². The Morgan fingerprint density at radius 3 is 2.69 bits per heavy atom. The van der Waals surface area contributed by atoms with Crippen LogP contribution in [0.3, 0.4) is 0 Å². The minimum atomic E-state index is -0.527. The molecule has 0 radical (unpaired) electrons. The summed E-state index contributed by atoms with van der Waals surface area (Å²) in [5.74, 6) is -0.444. The van der Waals surface area contributed by atoms with E-state index in [-0.39, 0.29) is 6.03 Å². The second-order valence-corrected chi connectivity index (χ2v) is 4.26. The summed E-state index contributed by atoms with van der Waals surface area (Å²) in [6, 6.07) is -0.165. The fourth-order valence-electron chi connectivity index (χ4n) is 1.72. The van der Waals surface area contributed by atoms with Gasteiger partial charge in [0.15, 0.2) is 0 Å². The minimum absolute atomic E-state index is 0.165. The number of nitrogens with one attached hydrogen (secondary N) is 1. The Bertz CT molecular complexity index is 334. The zero-order chi connectivity index (χ0) is 12.3. The third kappa shape index (κ3) is 2.35. The van der Waals surface area contributed by atoms with Crippen LogP contribution >= 0.6 is 0 Å². The SMILES string of the molecule is CCCN1C(=O)NC(C)(C)/C1=C/C(=O)OC. The van der Waals surface area contributed by atoms with E-state index in [1.54, 1.807) is 4.90 Å². The fraction of sp³-hybridized carbons (Fsp3) is 0.636. The van der Waals surface area contributed by atoms with Crippen LogP contribution in [-0.2, 0) is 9.53 Å². The van der Waals surface area contributed by atoms with Gasteiger partial charge in [0.1, 0.15) is 0 Å². The normalized spacial score (nSPS) is 21.1. The molecule has 0 atom stereocenters. The molecule has 0 saturated carbocycles. The molecule has 1 rings (SSSR count). The van der Waals surface area contributed by atoms with Gasteiger partial charge < -0.3 is 10.1 Å². The number of carbonyl (C=O) groups is 2. The lowest BCUT2D eigenvalue weighted by Gasteiger charge is -2.22. The van der Waals surface area contributed by atoms with Crippen LogP contribution in [0.1, 0.15) is 27.2 Å². The van der Waals surface area contributed by atoms with E-state index in [4.69, 9.17) is 0 Å². The topological polar surface area (TPSA) is 58.6 Å². The van der Waals surface area contributed by atoms with Gasteiger partial charge in [0.25, 0.3) is 0 Å². The van der Waals surface area contributed by atoms with Gasteiger partial charge in [-0.15, -0.1) is 0 Å². The van der Waals surface area contributed by atoms with Crippen LogP contribution < -0.4 is 5.32 Å². The number of nitrogens with zero attached hydrogens (tertiary/aromatic N) is 1. The lowest BCUT2D eigenvalue weighted by atomic mass is 10.0. The third-order valence-corrected chi connectivity index (χ3v) is 2.50. The molecule has 0 aromatic carbocycles. The average Bonchev–Trinajstić information content (AvgIpc) is 2.40. The van der Waals surface area contributed by atoms with Crippen molar-refractivity contribution in [3.63, 3.8) is 0 Å². The molecule has 0 spiro atoms. The number of hydrogen-bond donors (Lipinski definition) is 1. The molecule has 0 unspecified atom stereocenters. The summed E-state index contributed by atoms with van der Waals surface area (Å²) in [6.07, 6.45) is 2.20. The largest absolute Gasteiger partial charge is 0.466 e. The van der Waals surface area contributed by atoms with Crippen molar-refractivity contribution in [1.29, 1.82) is 0 Å². The van der Waals surface area contributed by atoms with Gasteiger partial charge >= 0.3 is 12.0 Å². The van der Waals surface area contributed by atoms with Gasteiger partial charge in [-0.1, -0.05) is 6.92 Å². The molecule has 1 fully saturated rings. The van der Waals surface area contributed by atoms with Crippen molar-refractivity contribution in [2.75, 3.05) is 13.7 Å². The Kier molecular flexibility index (Phi) is 3.57. The van der Waals surface area contributed by atoms with Crippen molar-refractivity contribution in [2.24, 2.45) is 0 Å². The smallest absolute Gasteiger partial charge is 0.332 e. The molecule has 1 N–H and O–H groups in total. The van der Waals surface area contributed by atoms with Crippen molar-refractivity contribution in [3.05, 3.63) is 11.8 Å². The predicted molar refractivity (Wildman–Crippen MR) is 59.7 cm³/mol. The van der Waals surface area contributed by atoms with Crippen LogP contribution in [0.4, 0.5) is 4.79 Å². The van der Waals surface area contributed by atoms with Gasteiger partial charge in [0, 0.05) is 12.6 Å². The summed E-state index contributed by atoms with van der Waals surface area (Å²) in [5, 5.41) is 2.82. The lowest BCUT2D eigenvalue weighted by Crippen LogP contribution is -2.35. The summed E-state index contributed by atoms with van der Waals surface area (Å²) in [7, 11) is 1.32. The van der Waals surface area contributed by atoms with E-state index in [9.17, 15) is 9.59 Å². The van der Waals surface area contributed by atoms with Crippen LogP contribution in [0, 0.1) is 0 Å². The highest BCUT2D eigenvalue weighted by atomic mass is 16.5. The maximum atomic E-state index is 11.7. The summed E-state index contributed by atoms with van der Waals surface area (Å²) in [4.78, 5) is 24.5. The first-order valence-corrected chi connectivity index (χ1v) is 5.32. The number of methoxy groups -OCH3 is 1. The van der Waals surface area contributed by atoms with E-state index in [1.165, 1.54) is 13.2 Å². The maximum absolute atomic E-state index is 11.7. The van der Waals surface area contributed by atoms with E-state index in [2.05, 4.69) is 10.1 Å². The first kappa shape index (κ1) is 12.5. The van der Waals surface area contributed by atoms with Gasteiger partial charge in [0.2, 0.25) is 0 Å². The number of carbonyl (C=O) groups excluding carboxylic acids is 2. The minimum Gasteiger partial charge on any atom is -0.466 e.